The van der Waals surface area contributed by atoms with E-state index in [0.717, 1.165) is 24.5 Å². The van der Waals surface area contributed by atoms with E-state index < -0.39 is 0 Å². The van der Waals surface area contributed by atoms with Gasteiger partial charge in [0.05, 0.1) is 0 Å². The van der Waals surface area contributed by atoms with E-state index in [4.69, 9.17) is 11.6 Å². The van der Waals surface area contributed by atoms with Crippen molar-refractivity contribution in [2.45, 2.75) is 18.3 Å². The highest BCUT2D eigenvalue weighted by Gasteiger charge is 2.28. The van der Waals surface area contributed by atoms with Crippen molar-refractivity contribution in [2.24, 2.45) is 0 Å². The number of rotatable bonds is 2. The zero-order chi connectivity index (χ0) is 13.1. The van der Waals surface area contributed by atoms with Gasteiger partial charge in [-0.05, 0) is 36.1 Å². The number of nitrogens with one attached hydrogen (secondary N) is 1. The van der Waals surface area contributed by atoms with Crippen LogP contribution in [0.25, 0.3) is 0 Å². The van der Waals surface area contributed by atoms with Crippen LogP contribution in [0.1, 0.15) is 29.4 Å². The summed E-state index contributed by atoms with van der Waals surface area (Å²) in [7, 11) is 0. The van der Waals surface area contributed by atoms with Crippen LogP contribution in [0, 0.1) is 0 Å². The van der Waals surface area contributed by atoms with Crippen LogP contribution in [0.2, 0.25) is 5.02 Å². The maximum atomic E-state index is 6.39. The molecule has 2 aromatic rings. The molecular formula is C17H18ClN. The molecule has 2 atom stereocenters. The zero-order valence-electron chi connectivity index (χ0n) is 10.9. The molecule has 0 spiro atoms. The lowest BCUT2D eigenvalue weighted by atomic mass is 9.77. The summed E-state index contributed by atoms with van der Waals surface area (Å²) in [5.74, 6) is 1.02. The number of piperidine rings is 1. The minimum atomic E-state index is 0.509. The molecule has 0 bridgehead atoms. The van der Waals surface area contributed by atoms with Gasteiger partial charge in [0.1, 0.15) is 0 Å². The van der Waals surface area contributed by atoms with E-state index in [-0.39, 0.29) is 0 Å². The number of hydrogen-bond donors (Lipinski definition) is 1. The van der Waals surface area contributed by atoms with E-state index in [1.807, 2.05) is 12.1 Å². The first-order valence-electron chi connectivity index (χ1n) is 6.86. The van der Waals surface area contributed by atoms with E-state index in [1.54, 1.807) is 0 Å². The molecule has 0 amide bonds. The Balaban J connectivity index is 1.96. The van der Waals surface area contributed by atoms with Crippen molar-refractivity contribution in [1.82, 2.24) is 5.32 Å². The predicted octanol–water partition coefficient (Wildman–Crippen LogP) is 4.20. The Morgan fingerprint density at radius 3 is 2.42 bits per heavy atom. The topological polar surface area (TPSA) is 12.0 Å². The zero-order valence-corrected chi connectivity index (χ0v) is 11.6. The van der Waals surface area contributed by atoms with Gasteiger partial charge >= 0.3 is 0 Å². The maximum Gasteiger partial charge on any atom is 0.0441 e. The van der Waals surface area contributed by atoms with Crippen LogP contribution < -0.4 is 5.32 Å². The molecule has 0 saturated carbocycles. The summed E-state index contributed by atoms with van der Waals surface area (Å²) in [4.78, 5) is 0. The largest absolute Gasteiger partial charge is 0.316 e. The average Bonchev–Trinajstić information content (AvgIpc) is 2.49. The molecule has 0 aliphatic carbocycles. The summed E-state index contributed by atoms with van der Waals surface area (Å²) >= 11 is 6.39. The highest BCUT2D eigenvalue weighted by Crippen LogP contribution is 2.39. The SMILES string of the molecule is Clc1ccccc1[C@H]1CCNC[C@H]1c1ccccc1. The second-order valence-electron chi connectivity index (χ2n) is 5.14. The second-order valence-corrected chi connectivity index (χ2v) is 5.55. The van der Waals surface area contributed by atoms with Gasteiger partial charge in [-0.3, -0.25) is 0 Å². The molecule has 1 aliphatic heterocycles. The molecule has 1 fully saturated rings. The molecule has 1 N–H and O–H groups in total. The molecule has 0 aromatic heterocycles. The summed E-state index contributed by atoms with van der Waals surface area (Å²) in [5, 5.41) is 4.41. The summed E-state index contributed by atoms with van der Waals surface area (Å²) in [6.45, 7) is 2.10. The Bertz CT molecular complexity index is 538. The molecule has 2 aromatic carbocycles. The fourth-order valence-corrected chi connectivity index (χ4v) is 3.33. The Morgan fingerprint density at radius 1 is 0.895 bits per heavy atom. The van der Waals surface area contributed by atoms with Gasteiger partial charge in [-0.1, -0.05) is 60.1 Å². The first kappa shape index (κ1) is 12.7. The van der Waals surface area contributed by atoms with Crippen molar-refractivity contribution in [3.63, 3.8) is 0 Å². The summed E-state index contributed by atoms with van der Waals surface area (Å²) < 4.78 is 0. The highest BCUT2D eigenvalue weighted by molar-refractivity contribution is 6.31. The van der Waals surface area contributed by atoms with E-state index in [1.165, 1.54) is 11.1 Å². The van der Waals surface area contributed by atoms with Gasteiger partial charge in [-0.15, -0.1) is 0 Å². The average molecular weight is 272 g/mol. The van der Waals surface area contributed by atoms with Crippen LogP contribution in [0.3, 0.4) is 0 Å². The van der Waals surface area contributed by atoms with Gasteiger partial charge in [0.2, 0.25) is 0 Å². The predicted molar refractivity (Wildman–Crippen MR) is 80.9 cm³/mol. The molecular weight excluding hydrogens is 254 g/mol. The van der Waals surface area contributed by atoms with Gasteiger partial charge < -0.3 is 5.32 Å². The third kappa shape index (κ3) is 2.68. The summed E-state index contributed by atoms with van der Waals surface area (Å²) in [6, 6.07) is 19.0. The molecule has 19 heavy (non-hydrogen) atoms. The van der Waals surface area contributed by atoms with Crippen molar-refractivity contribution in [3.05, 3.63) is 70.7 Å². The lowest BCUT2D eigenvalue weighted by Crippen LogP contribution is -2.34. The fraction of sp³-hybridized carbons (Fsp3) is 0.294. The van der Waals surface area contributed by atoms with Gasteiger partial charge in [0, 0.05) is 17.5 Å². The first-order valence-corrected chi connectivity index (χ1v) is 7.24. The van der Waals surface area contributed by atoms with E-state index >= 15 is 0 Å². The molecule has 0 unspecified atom stereocenters. The molecule has 3 rings (SSSR count). The fourth-order valence-electron chi connectivity index (χ4n) is 3.06. The minimum Gasteiger partial charge on any atom is -0.316 e. The van der Waals surface area contributed by atoms with Crippen LogP contribution in [-0.2, 0) is 0 Å². The van der Waals surface area contributed by atoms with Crippen molar-refractivity contribution in [2.75, 3.05) is 13.1 Å². The molecule has 0 radical (unpaired) electrons. The van der Waals surface area contributed by atoms with Crippen molar-refractivity contribution in [1.29, 1.82) is 0 Å². The van der Waals surface area contributed by atoms with E-state index in [9.17, 15) is 0 Å². The van der Waals surface area contributed by atoms with Gasteiger partial charge in [0.25, 0.3) is 0 Å². The number of halogens is 1. The monoisotopic (exact) mass is 271 g/mol. The standard InChI is InChI=1S/C17H18ClN/c18-17-9-5-4-8-15(17)14-10-11-19-12-16(14)13-6-2-1-3-7-13/h1-9,14,16,19H,10-12H2/t14-,16+/m1/s1. The van der Waals surface area contributed by atoms with Crippen LogP contribution in [0.5, 0.6) is 0 Å². The van der Waals surface area contributed by atoms with Crippen molar-refractivity contribution in [3.8, 4) is 0 Å². The maximum absolute atomic E-state index is 6.39. The number of hydrogen-bond acceptors (Lipinski definition) is 1. The Kier molecular flexibility index (Phi) is 3.86. The van der Waals surface area contributed by atoms with E-state index in [2.05, 4.69) is 47.8 Å². The van der Waals surface area contributed by atoms with Gasteiger partial charge in [-0.2, -0.15) is 0 Å². The van der Waals surface area contributed by atoms with Crippen LogP contribution in [0.4, 0.5) is 0 Å². The Labute approximate surface area is 119 Å². The minimum absolute atomic E-state index is 0.509. The summed E-state index contributed by atoms with van der Waals surface area (Å²) in [5.41, 5.74) is 2.69. The normalized spacial score (nSPS) is 23.2. The Morgan fingerprint density at radius 2 is 1.63 bits per heavy atom. The summed E-state index contributed by atoms with van der Waals surface area (Å²) in [6.07, 6.45) is 1.14. The van der Waals surface area contributed by atoms with Crippen LogP contribution >= 0.6 is 11.6 Å². The quantitative estimate of drug-likeness (QED) is 0.863. The second kappa shape index (κ2) is 5.77. The van der Waals surface area contributed by atoms with Crippen molar-refractivity contribution < 1.29 is 0 Å². The lowest BCUT2D eigenvalue weighted by molar-refractivity contribution is 0.404. The molecule has 1 nitrogen and oxygen atoms in total. The third-order valence-corrected chi connectivity index (χ3v) is 4.36. The highest BCUT2D eigenvalue weighted by atomic mass is 35.5. The van der Waals surface area contributed by atoms with Gasteiger partial charge in [-0.25, -0.2) is 0 Å². The molecule has 98 valence electrons. The van der Waals surface area contributed by atoms with E-state index in [0.29, 0.717) is 11.8 Å². The molecule has 2 heteroatoms. The Hall–Kier alpha value is -1.31. The van der Waals surface area contributed by atoms with Gasteiger partial charge in [0.15, 0.2) is 0 Å². The first-order chi connectivity index (χ1) is 9.36. The molecule has 1 heterocycles. The smallest absolute Gasteiger partial charge is 0.0441 e. The molecule has 1 aliphatic rings. The number of benzene rings is 2. The van der Waals surface area contributed by atoms with Crippen molar-refractivity contribution >= 4 is 11.6 Å². The molecule has 1 saturated heterocycles. The lowest BCUT2D eigenvalue weighted by Gasteiger charge is -2.33. The van der Waals surface area contributed by atoms with Crippen LogP contribution in [0.15, 0.2) is 54.6 Å². The third-order valence-electron chi connectivity index (χ3n) is 4.01. The van der Waals surface area contributed by atoms with Crippen LogP contribution in [-0.4, -0.2) is 13.1 Å².